The Labute approximate surface area is 136 Å². The predicted molar refractivity (Wildman–Crippen MR) is 77.5 cm³/mol. The van der Waals surface area contributed by atoms with Crippen molar-refractivity contribution in [2.45, 2.75) is 43.3 Å². The van der Waals surface area contributed by atoms with E-state index in [9.17, 15) is 31.2 Å². The number of sulfonamides is 1. The predicted octanol–water partition coefficient (Wildman–Crippen LogP) is 1.05. The second-order valence-electron chi connectivity index (χ2n) is 5.39. The highest BCUT2D eigenvalue weighted by Crippen LogP contribution is 2.26. The normalized spacial score (nSPS) is 17.2. The Morgan fingerprint density at radius 3 is 2.42 bits per heavy atom. The van der Waals surface area contributed by atoms with Gasteiger partial charge in [-0.05, 0) is 36.1 Å². The minimum atomic E-state index is -4.96. The van der Waals surface area contributed by atoms with Crippen LogP contribution in [0.5, 0.6) is 0 Å². The number of carbonyl (C=O) groups excluding carboxylic acids is 2. The van der Waals surface area contributed by atoms with E-state index in [4.69, 9.17) is 0 Å². The highest BCUT2D eigenvalue weighted by molar-refractivity contribution is 7.90. The van der Waals surface area contributed by atoms with Crippen molar-refractivity contribution in [3.63, 3.8) is 0 Å². The van der Waals surface area contributed by atoms with Gasteiger partial charge in [0.1, 0.15) is 0 Å². The van der Waals surface area contributed by atoms with Crippen LogP contribution in [0.2, 0.25) is 0 Å². The van der Waals surface area contributed by atoms with Gasteiger partial charge in [0.15, 0.2) is 0 Å². The van der Waals surface area contributed by atoms with Crippen LogP contribution in [0.1, 0.15) is 24.5 Å². The van der Waals surface area contributed by atoms with E-state index in [0.717, 1.165) is 0 Å². The summed E-state index contributed by atoms with van der Waals surface area (Å²) in [6.07, 6.45) is -4.70. The highest BCUT2D eigenvalue weighted by atomic mass is 32.2. The molecule has 0 bridgehead atoms. The van der Waals surface area contributed by atoms with Crippen LogP contribution in [-0.4, -0.2) is 32.5 Å². The van der Waals surface area contributed by atoms with Gasteiger partial charge in [-0.3, -0.25) is 9.59 Å². The summed E-state index contributed by atoms with van der Waals surface area (Å²) >= 11 is 0. The summed E-state index contributed by atoms with van der Waals surface area (Å²) in [6, 6.07) is 3.30. The van der Waals surface area contributed by atoms with Gasteiger partial charge in [-0.15, -0.1) is 0 Å². The lowest BCUT2D eigenvalue weighted by Gasteiger charge is -2.13. The largest absolute Gasteiger partial charge is 0.471 e. The van der Waals surface area contributed by atoms with Gasteiger partial charge in [-0.2, -0.15) is 13.2 Å². The van der Waals surface area contributed by atoms with Gasteiger partial charge in [0.2, 0.25) is 5.91 Å². The zero-order valence-corrected chi connectivity index (χ0v) is 13.4. The van der Waals surface area contributed by atoms with Crippen molar-refractivity contribution < 1.29 is 31.2 Å². The second-order valence-corrected chi connectivity index (χ2v) is 7.07. The van der Waals surface area contributed by atoms with E-state index in [2.05, 4.69) is 0 Å². The van der Waals surface area contributed by atoms with Gasteiger partial charge >= 0.3 is 12.1 Å². The van der Waals surface area contributed by atoms with Crippen molar-refractivity contribution in [3.8, 4) is 0 Å². The fourth-order valence-corrected chi connectivity index (χ4v) is 3.52. The molecule has 24 heavy (non-hydrogen) atoms. The van der Waals surface area contributed by atoms with E-state index < -0.39 is 34.1 Å². The van der Waals surface area contributed by atoms with E-state index in [1.807, 2.05) is 10.0 Å². The van der Waals surface area contributed by atoms with Gasteiger partial charge in [-0.25, -0.2) is 13.1 Å². The molecule has 0 saturated heterocycles. The summed E-state index contributed by atoms with van der Waals surface area (Å²) in [5, 5.41) is 1.88. The van der Waals surface area contributed by atoms with Crippen LogP contribution in [0.4, 0.5) is 13.2 Å². The number of hydrogen-bond donors (Lipinski definition) is 2. The molecule has 1 aliphatic carbocycles. The fourth-order valence-electron chi connectivity index (χ4n) is 2.41. The van der Waals surface area contributed by atoms with Gasteiger partial charge in [0.25, 0.3) is 10.0 Å². The molecule has 0 heterocycles. The first kappa shape index (κ1) is 18.2. The Hall–Kier alpha value is -2.10. The zero-order valence-electron chi connectivity index (χ0n) is 12.6. The van der Waals surface area contributed by atoms with Crippen LogP contribution in [0.15, 0.2) is 23.1 Å². The number of carbonyl (C=O) groups is 2. The molecule has 0 aromatic heterocycles. The van der Waals surface area contributed by atoms with Crippen LogP contribution < -0.4 is 10.0 Å². The summed E-state index contributed by atoms with van der Waals surface area (Å²) in [4.78, 5) is 22.1. The number of fused-ring (bicyclic) bond motifs is 1. The molecule has 1 aromatic carbocycles. The molecule has 2 rings (SSSR count). The molecule has 6 nitrogen and oxygen atoms in total. The van der Waals surface area contributed by atoms with Crippen LogP contribution in [0.3, 0.4) is 0 Å². The molecule has 0 spiro atoms. The Balaban J connectivity index is 2.14. The maximum Gasteiger partial charge on any atom is 0.471 e. The smallest absolute Gasteiger partial charge is 0.345 e. The maximum absolute atomic E-state index is 12.3. The molecule has 0 fully saturated rings. The Kier molecular flexibility index (Phi) is 4.88. The molecule has 1 unspecified atom stereocenters. The number of rotatable bonds is 4. The Morgan fingerprint density at radius 1 is 1.21 bits per heavy atom. The third-order valence-corrected chi connectivity index (χ3v) is 4.95. The number of hydrogen-bond acceptors (Lipinski definition) is 4. The lowest BCUT2D eigenvalue weighted by Crippen LogP contribution is -2.43. The quantitative estimate of drug-likeness (QED) is 0.835. The molecule has 10 heteroatoms. The molecule has 0 aliphatic heterocycles. The topological polar surface area (TPSA) is 92.3 Å². The SMILES string of the molecule is CCC(=O)NS(=O)(=O)c1ccc2c(c1)CC(NC(=O)C(F)(F)F)C2. The summed E-state index contributed by atoms with van der Waals surface area (Å²) in [7, 11) is -4.02. The average molecular weight is 364 g/mol. The molecule has 2 amide bonds. The summed E-state index contributed by atoms with van der Waals surface area (Å²) in [5.74, 6) is -2.69. The Morgan fingerprint density at radius 2 is 1.83 bits per heavy atom. The number of nitrogens with one attached hydrogen (secondary N) is 2. The Bertz CT molecular complexity index is 775. The number of benzene rings is 1. The molecule has 2 N–H and O–H groups in total. The molecular weight excluding hydrogens is 349 g/mol. The first-order valence-corrected chi connectivity index (χ1v) is 8.56. The van der Waals surface area contributed by atoms with Gasteiger partial charge in [0, 0.05) is 12.5 Å². The molecular formula is C14H15F3N2O4S. The molecule has 0 saturated carbocycles. The van der Waals surface area contributed by atoms with Crippen LogP contribution in [-0.2, 0) is 32.5 Å². The van der Waals surface area contributed by atoms with Crippen molar-refractivity contribution in [3.05, 3.63) is 29.3 Å². The molecule has 0 radical (unpaired) electrons. The van der Waals surface area contributed by atoms with E-state index >= 15 is 0 Å². The molecule has 1 aromatic rings. The van der Waals surface area contributed by atoms with Crippen molar-refractivity contribution in [1.82, 2.24) is 10.0 Å². The van der Waals surface area contributed by atoms with Gasteiger partial charge in [0.05, 0.1) is 4.90 Å². The van der Waals surface area contributed by atoms with Crippen molar-refractivity contribution in [2.75, 3.05) is 0 Å². The molecule has 1 aliphatic rings. The third kappa shape index (κ3) is 4.05. The van der Waals surface area contributed by atoms with Crippen molar-refractivity contribution >= 4 is 21.8 Å². The maximum atomic E-state index is 12.3. The summed E-state index contributed by atoms with van der Waals surface area (Å²) in [6.45, 7) is 1.50. The van der Waals surface area contributed by atoms with Crippen LogP contribution >= 0.6 is 0 Å². The molecule has 132 valence electrons. The fraction of sp³-hybridized carbons (Fsp3) is 0.429. The van der Waals surface area contributed by atoms with Crippen LogP contribution in [0.25, 0.3) is 0 Å². The third-order valence-electron chi connectivity index (χ3n) is 3.58. The zero-order chi connectivity index (χ0) is 18.1. The number of halogens is 3. The first-order valence-electron chi connectivity index (χ1n) is 7.08. The molecule has 1 atom stereocenters. The number of amides is 2. The van der Waals surface area contributed by atoms with E-state index in [1.165, 1.54) is 25.1 Å². The monoisotopic (exact) mass is 364 g/mol. The highest BCUT2D eigenvalue weighted by Gasteiger charge is 2.40. The lowest BCUT2D eigenvalue weighted by molar-refractivity contribution is -0.174. The number of alkyl halides is 3. The van der Waals surface area contributed by atoms with E-state index in [-0.39, 0.29) is 24.2 Å². The minimum Gasteiger partial charge on any atom is -0.345 e. The minimum absolute atomic E-state index is 0.00425. The van der Waals surface area contributed by atoms with E-state index in [1.54, 1.807) is 0 Å². The van der Waals surface area contributed by atoms with Crippen molar-refractivity contribution in [2.24, 2.45) is 0 Å². The standard InChI is InChI=1S/C14H15F3N2O4S/c1-2-12(20)19-24(22,23)11-4-3-8-5-10(6-9(8)7-11)18-13(21)14(15,16)17/h3-4,7,10H,2,5-6H2,1H3,(H,18,21)(H,19,20). The van der Waals surface area contributed by atoms with Gasteiger partial charge in [-0.1, -0.05) is 13.0 Å². The summed E-state index contributed by atoms with van der Waals surface area (Å²) in [5.41, 5.74) is 1.18. The van der Waals surface area contributed by atoms with Crippen molar-refractivity contribution in [1.29, 1.82) is 0 Å². The van der Waals surface area contributed by atoms with Crippen LogP contribution in [0, 0.1) is 0 Å². The van der Waals surface area contributed by atoms with Gasteiger partial charge < -0.3 is 5.32 Å². The van der Waals surface area contributed by atoms with E-state index in [0.29, 0.717) is 11.1 Å². The summed E-state index contributed by atoms with van der Waals surface area (Å²) < 4.78 is 62.8. The second kappa shape index (κ2) is 6.42. The first-order chi connectivity index (χ1) is 11.0. The average Bonchev–Trinajstić information content (AvgIpc) is 2.86. The lowest BCUT2D eigenvalue weighted by atomic mass is 10.1.